The summed E-state index contributed by atoms with van der Waals surface area (Å²) in [5.74, 6) is 0.736. The van der Waals surface area contributed by atoms with Crippen molar-refractivity contribution in [2.75, 3.05) is 20.8 Å². The average molecular weight is 408 g/mol. The molecule has 0 amide bonds. The van der Waals surface area contributed by atoms with E-state index < -0.39 is 10.0 Å². The minimum Gasteiger partial charge on any atom is -0.497 e. The minimum atomic E-state index is -3.81. The Hall–Kier alpha value is -2.29. The standard InChI is InChI=1S/C19H21NO5S2/c1-23-16-5-6-18(24-2)19(12-16)27(21,22)20(13-15-8-10-25-14-15)9-7-17-4-3-11-26-17/h3-6,8,10-12,14H,7,9,13H2,1-2H3. The molecule has 6 nitrogen and oxygen atoms in total. The van der Waals surface area contributed by atoms with Gasteiger partial charge in [-0.05, 0) is 36.1 Å². The van der Waals surface area contributed by atoms with Crippen molar-refractivity contribution in [3.8, 4) is 11.5 Å². The lowest BCUT2D eigenvalue weighted by Gasteiger charge is -2.23. The minimum absolute atomic E-state index is 0.0824. The molecule has 0 saturated heterocycles. The normalized spacial score (nSPS) is 11.7. The molecule has 2 aromatic heterocycles. The van der Waals surface area contributed by atoms with Gasteiger partial charge in [0.15, 0.2) is 0 Å². The summed E-state index contributed by atoms with van der Waals surface area (Å²) in [6, 6.07) is 10.5. The molecule has 1 aromatic carbocycles. The molecule has 0 radical (unpaired) electrons. The lowest BCUT2D eigenvalue weighted by molar-refractivity contribution is 0.380. The maximum Gasteiger partial charge on any atom is 0.247 e. The van der Waals surface area contributed by atoms with Gasteiger partial charge >= 0.3 is 0 Å². The summed E-state index contributed by atoms with van der Waals surface area (Å²) in [5.41, 5.74) is 0.784. The summed E-state index contributed by atoms with van der Waals surface area (Å²) in [7, 11) is -0.865. The molecule has 0 atom stereocenters. The van der Waals surface area contributed by atoms with E-state index in [1.165, 1.54) is 30.9 Å². The number of ether oxygens (including phenoxy) is 2. The van der Waals surface area contributed by atoms with Gasteiger partial charge in [-0.15, -0.1) is 11.3 Å². The Morgan fingerprint density at radius 3 is 2.63 bits per heavy atom. The van der Waals surface area contributed by atoms with Crippen LogP contribution in [0, 0.1) is 0 Å². The Morgan fingerprint density at radius 2 is 2.00 bits per heavy atom. The fraction of sp³-hybridized carbons (Fsp3) is 0.263. The predicted molar refractivity (Wildman–Crippen MR) is 104 cm³/mol. The molecule has 0 spiro atoms. The molecule has 0 unspecified atom stereocenters. The first-order valence-electron chi connectivity index (χ1n) is 8.30. The fourth-order valence-corrected chi connectivity index (χ4v) is 4.98. The van der Waals surface area contributed by atoms with Crippen LogP contribution >= 0.6 is 11.3 Å². The molecule has 8 heteroatoms. The van der Waals surface area contributed by atoms with E-state index in [1.807, 2.05) is 17.5 Å². The lowest BCUT2D eigenvalue weighted by atomic mass is 10.3. The van der Waals surface area contributed by atoms with Crippen molar-refractivity contribution in [1.29, 1.82) is 0 Å². The van der Waals surface area contributed by atoms with Gasteiger partial charge in [0.2, 0.25) is 10.0 Å². The Kier molecular flexibility index (Phi) is 6.20. The van der Waals surface area contributed by atoms with Crippen molar-refractivity contribution in [3.05, 3.63) is 64.7 Å². The van der Waals surface area contributed by atoms with Crippen LogP contribution in [0.25, 0.3) is 0 Å². The number of hydrogen-bond donors (Lipinski definition) is 0. The number of rotatable bonds is 9. The second kappa shape index (κ2) is 8.60. The van der Waals surface area contributed by atoms with Crippen LogP contribution in [0.3, 0.4) is 0 Å². The first-order valence-corrected chi connectivity index (χ1v) is 10.6. The smallest absolute Gasteiger partial charge is 0.247 e. The van der Waals surface area contributed by atoms with Gasteiger partial charge in [0.1, 0.15) is 16.4 Å². The van der Waals surface area contributed by atoms with E-state index >= 15 is 0 Å². The summed E-state index contributed by atoms with van der Waals surface area (Å²) in [4.78, 5) is 1.21. The number of furan rings is 1. The van der Waals surface area contributed by atoms with Gasteiger partial charge in [0.25, 0.3) is 0 Å². The van der Waals surface area contributed by atoms with Crippen LogP contribution < -0.4 is 9.47 Å². The number of thiophene rings is 1. The van der Waals surface area contributed by atoms with Gasteiger partial charge in [0.05, 0.1) is 26.7 Å². The van der Waals surface area contributed by atoms with Crippen molar-refractivity contribution < 1.29 is 22.3 Å². The van der Waals surface area contributed by atoms with E-state index in [0.29, 0.717) is 18.7 Å². The zero-order valence-corrected chi connectivity index (χ0v) is 16.8. The molecule has 0 aliphatic carbocycles. The van der Waals surface area contributed by atoms with Crippen molar-refractivity contribution >= 4 is 21.4 Å². The molecule has 0 fully saturated rings. The molecule has 0 saturated carbocycles. The molecule has 2 heterocycles. The Labute approximate surface area is 163 Å². The maximum absolute atomic E-state index is 13.4. The predicted octanol–water partition coefficient (Wildman–Crippen LogP) is 3.79. The van der Waals surface area contributed by atoms with Crippen molar-refractivity contribution in [2.24, 2.45) is 0 Å². The average Bonchev–Trinajstić information content (AvgIpc) is 3.38. The Balaban J connectivity index is 1.95. The van der Waals surface area contributed by atoms with E-state index in [0.717, 1.165) is 10.4 Å². The maximum atomic E-state index is 13.4. The molecule has 144 valence electrons. The van der Waals surface area contributed by atoms with Gasteiger partial charge in [-0.25, -0.2) is 8.42 Å². The van der Waals surface area contributed by atoms with Gasteiger partial charge in [0, 0.05) is 29.6 Å². The third-order valence-corrected chi connectivity index (χ3v) is 6.92. The van der Waals surface area contributed by atoms with Crippen LogP contribution in [-0.4, -0.2) is 33.5 Å². The van der Waals surface area contributed by atoms with Crippen molar-refractivity contribution in [1.82, 2.24) is 4.31 Å². The van der Waals surface area contributed by atoms with E-state index in [2.05, 4.69) is 0 Å². The number of hydrogen-bond acceptors (Lipinski definition) is 6. The van der Waals surface area contributed by atoms with Crippen molar-refractivity contribution in [3.63, 3.8) is 0 Å². The summed E-state index contributed by atoms with van der Waals surface area (Å²) in [6.45, 7) is 0.555. The topological polar surface area (TPSA) is 69.0 Å². The Bertz CT molecular complexity index is 950. The SMILES string of the molecule is COc1ccc(OC)c(S(=O)(=O)N(CCc2cccs2)Cc2ccoc2)c1. The van der Waals surface area contributed by atoms with Gasteiger partial charge < -0.3 is 13.9 Å². The van der Waals surface area contributed by atoms with Crippen LogP contribution in [0.2, 0.25) is 0 Å². The summed E-state index contributed by atoms with van der Waals surface area (Å²) < 4.78 is 43.9. The quantitative estimate of drug-likeness (QED) is 0.540. The molecule has 0 bridgehead atoms. The highest BCUT2D eigenvalue weighted by Crippen LogP contribution is 2.31. The molecular formula is C19H21NO5S2. The largest absolute Gasteiger partial charge is 0.497 e. The molecular weight excluding hydrogens is 386 g/mol. The van der Waals surface area contributed by atoms with E-state index in [9.17, 15) is 8.42 Å². The van der Waals surface area contributed by atoms with Crippen molar-refractivity contribution in [2.45, 2.75) is 17.9 Å². The number of benzene rings is 1. The highest BCUT2D eigenvalue weighted by atomic mass is 32.2. The van der Waals surface area contributed by atoms with E-state index in [4.69, 9.17) is 13.9 Å². The zero-order valence-electron chi connectivity index (χ0n) is 15.1. The van der Waals surface area contributed by atoms with Crippen LogP contribution in [-0.2, 0) is 23.0 Å². The molecule has 27 heavy (non-hydrogen) atoms. The second-order valence-electron chi connectivity index (χ2n) is 5.82. The highest BCUT2D eigenvalue weighted by molar-refractivity contribution is 7.89. The van der Waals surface area contributed by atoms with Crippen LogP contribution in [0.4, 0.5) is 0 Å². The Morgan fingerprint density at radius 1 is 1.15 bits per heavy atom. The van der Waals surface area contributed by atoms with Crippen LogP contribution in [0.1, 0.15) is 10.4 Å². The number of methoxy groups -OCH3 is 2. The number of nitrogens with zero attached hydrogens (tertiary/aromatic N) is 1. The van der Waals surface area contributed by atoms with Gasteiger partial charge in [-0.3, -0.25) is 0 Å². The van der Waals surface area contributed by atoms with E-state index in [-0.39, 0.29) is 17.2 Å². The van der Waals surface area contributed by atoms with Crippen LogP contribution in [0.5, 0.6) is 11.5 Å². The highest BCUT2D eigenvalue weighted by Gasteiger charge is 2.29. The van der Waals surface area contributed by atoms with Gasteiger partial charge in [-0.2, -0.15) is 4.31 Å². The molecule has 0 N–H and O–H groups in total. The third-order valence-electron chi connectivity index (χ3n) is 4.12. The molecule has 0 aliphatic heterocycles. The zero-order chi connectivity index (χ0) is 19.3. The fourth-order valence-electron chi connectivity index (χ4n) is 2.68. The molecule has 3 rings (SSSR count). The molecule has 3 aromatic rings. The first kappa shape index (κ1) is 19.5. The summed E-state index contributed by atoms with van der Waals surface area (Å²) in [5, 5.41) is 1.98. The monoisotopic (exact) mass is 407 g/mol. The summed E-state index contributed by atoms with van der Waals surface area (Å²) in [6.07, 6.45) is 3.71. The number of sulfonamides is 1. The lowest BCUT2D eigenvalue weighted by Crippen LogP contribution is -2.32. The second-order valence-corrected chi connectivity index (χ2v) is 8.75. The molecule has 0 aliphatic rings. The van der Waals surface area contributed by atoms with E-state index in [1.54, 1.807) is 35.8 Å². The first-order chi connectivity index (χ1) is 13.0. The van der Waals surface area contributed by atoms with Crippen LogP contribution in [0.15, 0.2) is 63.6 Å². The third kappa shape index (κ3) is 4.52. The van der Waals surface area contributed by atoms with Gasteiger partial charge in [-0.1, -0.05) is 6.07 Å². The summed E-state index contributed by atoms with van der Waals surface area (Å²) >= 11 is 1.61.